The van der Waals surface area contributed by atoms with Crippen molar-refractivity contribution < 1.29 is 4.74 Å². The van der Waals surface area contributed by atoms with Crippen LogP contribution < -0.4 is 5.73 Å². The Balaban J connectivity index is 4.88. The maximum absolute atomic E-state index is 6.33. The number of hydrogen-bond acceptors (Lipinski definition) is 2. The number of nitrogens with two attached hydrogens (primary N) is 1. The molecule has 0 aromatic heterocycles. The molecule has 2 N–H and O–H groups in total. The van der Waals surface area contributed by atoms with Crippen LogP contribution in [-0.2, 0) is 4.74 Å². The van der Waals surface area contributed by atoms with Crippen LogP contribution in [0.3, 0.4) is 0 Å². The lowest BCUT2D eigenvalue weighted by Crippen LogP contribution is -2.52. The summed E-state index contributed by atoms with van der Waals surface area (Å²) in [4.78, 5) is 0. The van der Waals surface area contributed by atoms with E-state index in [0.29, 0.717) is 0 Å². The first kappa shape index (κ1) is 15.9. The van der Waals surface area contributed by atoms with E-state index in [1.54, 1.807) is 0 Å². The summed E-state index contributed by atoms with van der Waals surface area (Å²) < 4.78 is 5.92. The van der Waals surface area contributed by atoms with Crippen LogP contribution in [0.2, 0.25) is 0 Å². The molecule has 0 fully saturated rings. The van der Waals surface area contributed by atoms with Crippen molar-refractivity contribution in [3.63, 3.8) is 0 Å². The second kappa shape index (κ2) is 5.50. The van der Waals surface area contributed by atoms with Gasteiger partial charge >= 0.3 is 0 Å². The molecule has 0 aliphatic rings. The van der Waals surface area contributed by atoms with Gasteiger partial charge in [-0.25, -0.2) is 0 Å². The summed E-state index contributed by atoms with van der Waals surface area (Å²) in [5, 5.41) is 0. The quantitative estimate of drug-likeness (QED) is 0.722. The van der Waals surface area contributed by atoms with Crippen LogP contribution in [0.15, 0.2) is 0 Å². The molecule has 2 nitrogen and oxygen atoms in total. The summed E-state index contributed by atoms with van der Waals surface area (Å²) in [6.07, 6.45) is 3.13. The molecule has 2 heteroatoms. The standard InChI is InChI=1S/C14H31NO/c1-8-13(6,12(4,5)15)11-14(7,9-2)16-10-3/h8-11,15H2,1-7H3. The Morgan fingerprint density at radius 1 is 0.938 bits per heavy atom. The van der Waals surface area contributed by atoms with Crippen LogP contribution in [0.25, 0.3) is 0 Å². The highest BCUT2D eigenvalue weighted by Crippen LogP contribution is 2.42. The van der Waals surface area contributed by atoms with Crippen molar-refractivity contribution >= 4 is 0 Å². The Morgan fingerprint density at radius 3 is 1.69 bits per heavy atom. The Hall–Kier alpha value is -0.0800. The minimum Gasteiger partial charge on any atom is -0.376 e. The maximum atomic E-state index is 6.33. The second-order valence-corrected chi connectivity index (χ2v) is 6.05. The van der Waals surface area contributed by atoms with Gasteiger partial charge in [0.2, 0.25) is 0 Å². The first-order valence-corrected chi connectivity index (χ1v) is 6.57. The zero-order valence-corrected chi connectivity index (χ0v) is 12.3. The summed E-state index contributed by atoms with van der Waals surface area (Å²) >= 11 is 0. The molecule has 0 amide bonds. The van der Waals surface area contributed by atoms with Crippen molar-refractivity contribution in [3.05, 3.63) is 0 Å². The van der Waals surface area contributed by atoms with Crippen molar-refractivity contribution in [3.8, 4) is 0 Å². The van der Waals surface area contributed by atoms with Gasteiger partial charge in [0.25, 0.3) is 0 Å². The smallest absolute Gasteiger partial charge is 0.0657 e. The third-order valence-electron chi connectivity index (χ3n) is 4.34. The van der Waals surface area contributed by atoms with Crippen molar-refractivity contribution in [2.24, 2.45) is 11.1 Å². The summed E-state index contributed by atoms with van der Waals surface area (Å²) in [6, 6.07) is 0. The number of ether oxygens (including phenoxy) is 1. The van der Waals surface area contributed by atoms with E-state index in [1.807, 2.05) is 0 Å². The Morgan fingerprint density at radius 2 is 1.44 bits per heavy atom. The van der Waals surface area contributed by atoms with Gasteiger partial charge in [-0.2, -0.15) is 0 Å². The zero-order valence-electron chi connectivity index (χ0n) is 12.3. The van der Waals surface area contributed by atoms with Gasteiger partial charge in [-0.15, -0.1) is 0 Å². The average Bonchev–Trinajstić information content (AvgIpc) is 2.16. The van der Waals surface area contributed by atoms with E-state index >= 15 is 0 Å². The highest BCUT2D eigenvalue weighted by Gasteiger charge is 2.42. The monoisotopic (exact) mass is 229 g/mol. The predicted molar refractivity (Wildman–Crippen MR) is 71.6 cm³/mol. The molecule has 0 spiro atoms. The molecule has 0 bridgehead atoms. The molecule has 0 aliphatic carbocycles. The molecule has 0 radical (unpaired) electrons. The minimum atomic E-state index is -0.171. The SMILES string of the molecule is CCOC(C)(CC)CC(C)(CC)C(C)(C)N. The minimum absolute atomic E-state index is 0.0455. The lowest BCUT2D eigenvalue weighted by atomic mass is 9.65. The van der Waals surface area contributed by atoms with E-state index < -0.39 is 0 Å². The molecule has 0 saturated carbocycles. The predicted octanol–water partition coefficient (Wildman–Crippen LogP) is 3.74. The van der Waals surface area contributed by atoms with Crippen LogP contribution >= 0.6 is 0 Å². The van der Waals surface area contributed by atoms with Crippen LogP contribution in [0.1, 0.15) is 67.7 Å². The van der Waals surface area contributed by atoms with Crippen LogP contribution in [0, 0.1) is 5.41 Å². The molecule has 0 saturated heterocycles. The van der Waals surface area contributed by atoms with Crippen molar-refractivity contribution in [1.82, 2.24) is 0 Å². The van der Waals surface area contributed by atoms with Gasteiger partial charge in [0.1, 0.15) is 0 Å². The molecular weight excluding hydrogens is 198 g/mol. The number of rotatable bonds is 7. The summed E-state index contributed by atoms with van der Waals surface area (Å²) in [5.41, 5.74) is 6.23. The molecule has 0 aromatic carbocycles. The lowest BCUT2D eigenvalue weighted by Gasteiger charge is -2.46. The Kier molecular flexibility index (Phi) is 5.48. The highest BCUT2D eigenvalue weighted by molar-refractivity contribution is 4.97. The fourth-order valence-corrected chi connectivity index (χ4v) is 2.26. The van der Waals surface area contributed by atoms with Crippen LogP contribution in [0.4, 0.5) is 0 Å². The first-order chi connectivity index (χ1) is 7.14. The van der Waals surface area contributed by atoms with Crippen molar-refractivity contribution in [2.45, 2.75) is 78.9 Å². The normalized spacial score (nSPS) is 20.2. The average molecular weight is 229 g/mol. The third-order valence-corrected chi connectivity index (χ3v) is 4.34. The topological polar surface area (TPSA) is 35.2 Å². The summed E-state index contributed by atoms with van der Waals surface area (Å²) in [5.74, 6) is 0. The van der Waals surface area contributed by atoms with Crippen molar-refractivity contribution in [1.29, 1.82) is 0 Å². The third kappa shape index (κ3) is 3.74. The van der Waals surface area contributed by atoms with Crippen LogP contribution in [0.5, 0.6) is 0 Å². The van der Waals surface area contributed by atoms with Gasteiger partial charge < -0.3 is 10.5 Å². The molecule has 16 heavy (non-hydrogen) atoms. The fraction of sp³-hybridized carbons (Fsp3) is 1.00. The molecule has 2 unspecified atom stereocenters. The van der Waals surface area contributed by atoms with E-state index in [9.17, 15) is 0 Å². The lowest BCUT2D eigenvalue weighted by molar-refractivity contribution is -0.0716. The molecule has 0 aliphatic heterocycles. The number of hydrogen-bond donors (Lipinski definition) is 1. The van der Waals surface area contributed by atoms with E-state index in [2.05, 4.69) is 48.5 Å². The van der Waals surface area contributed by atoms with Gasteiger partial charge in [0.15, 0.2) is 0 Å². The molecule has 2 atom stereocenters. The molecule has 0 heterocycles. The van der Waals surface area contributed by atoms with Gasteiger partial charge in [0, 0.05) is 12.1 Å². The molecule has 0 rings (SSSR count). The molecular formula is C14H31NO. The second-order valence-electron chi connectivity index (χ2n) is 6.05. The van der Waals surface area contributed by atoms with Gasteiger partial charge in [0.05, 0.1) is 5.60 Å². The fourth-order valence-electron chi connectivity index (χ4n) is 2.26. The summed E-state index contributed by atoms with van der Waals surface area (Å²) in [7, 11) is 0. The van der Waals surface area contributed by atoms with E-state index in [-0.39, 0.29) is 16.6 Å². The van der Waals surface area contributed by atoms with E-state index in [1.165, 1.54) is 0 Å². The maximum Gasteiger partial charge on any atom is 0.0657 e. The first-order valence-electron chi connectivity index (χ1n) is 6.57. The van der Waals surface area contributed by atoms with Gasteiger partial charge in [-0.05, 0) is 52.4 Å². The van der Waals surface area contributed by atoms with Crippen LogP contribution in [-0.4, -0.2) is 17.7 Å². The van der Waals surface area contributed by atoms with Crippen molar-refractivity contribution in [2.75, 3.05) is 6.61 Å². The Bertz CT molecular complexity index is 209. The largest absolute Gasteiger partial charge is 0.376 e. The zero-order chi connectivity index (χ0) is 13.0. The summed E-state index contributed by atoms with van der Waals surface area (Å²) in [6.45, 7) is 16.0. The van der Waals surface area contributed by atoms with Gasteiger partial charge in [-0.1, -0.05) is 20.8 Å². The molecule has 0 aromatic rings. The highest BCUT2D eigenvalue weighted by atomic mass is 16.5. The molecule has 98 valence electrons. The van der Waals surface area contributed by atoms with E-state index in [4.69, 9.17) is 10.5 Å². The van der Waals surface area contributed by atoms with E-state index in [0.717, 1.165) is 25.9 Å². The Labute approximate surface area is 102 Å². The van der Waals surface area contributed by atoms with Gasteiger partial charge in [-0.3, -0.25) is 0 Å².